The molecule has 0 heterocycles. The van der Waals surface area contributed by atoms with Gasteiger partial charge in [0.2, 0.25) is 0 Å². The quantitative estimate of drug-likeness (QED) is 0.323. The van der Waals surface area contributed by atoms with Gasteiger partial charge in [-0.3, -0.25) is 0 Å². The second kappa shape index (κ2) is 9.44. The van der Waals surface area contributed by atoms with Crippen molar-refractivity contribution in [1.29, 1.82) is 5.26 Å². The molecule has 0 radical (unpaired) electrons. The number of esters is 1. The molecule has 0 saturated heterocycles. The van der Waals surface area contributed by atoms with Crippen molar-refractivity contribution >= 4 is 17.7 Å². The van der Waals surface area contributed by atoms with Gasteiger partial charge in [-0.25, -0.2) is 4.79 Å². The number of ether oxygens (including phenoxy) is 2. The van der Waals surface area contributed by atoms with E-state index in [0.29, 0.717) is 0 Å². The van der Waals surface area contributed by atoms with E-state index in [9.17, 15) is 10.1 Å². The van der Waals surface area contributed by atoms with Crippen LogP contribution in [0.15, 0.2) is 48.0 Å². The summed E-state index contributed by atoms with van der Waals surface area (Å²) in [7, 11) is 3.89. The molecule has 0 aliphatic carbocycles. The minimum atomic E-state index is -0.654. The van der Waals surface area contributed by atoms with E-state index in [1.54, 1.807) is 0 Å². The summed E-state index contributed by atoms with van der Waals surface area (Å²) in [6.45, 7) is 4.29. The van der Waals surface area contributed by atoms with Crippen LogP contribution in [0.1, 0.15) is 16.7 Å². The van der Waals surface area contributed by atoms with Crippen LogP contribution in [0.2, 0.25) is 0 Å². The lowest BCUT2D eigenvalue weighted by atomic mass is 10.1. The van der Waals surface area contributed by atoms with E-state index < -0.39 is 5.97 Å². The third-order valence-corrected chi connectivity index (χ3v) is 3.84. The fourth-order valence-electron chi connectivity index (χ4n) is 2.56. The zero-order valence-electron chi connectivity index (χ0n) is 16.2. The van der Waals surface area contributed by atoms with Gasteiger partial charge in [0.25, 0.3) is 0 Å². The van der Waals surface area contributed by atoms with Crippen LogP contribution < -0.4 is 9.64 Å². The van der Waals surface area contributed by atoms with Crippen LogP contribution in [0.3, 0.4) is 0 Å². The van der Waals surface area contributed by atoms with Crippen LogP contribution in [0.5, 0.6) is 5.75 Å². The highest BCUT2D eigenvalue weighted by atomic mass is 16.6. The number of rotatable bonds is 7. The molecule has 2 rings (SSSR count). The van der Waals surface area contributed by atoms with Crippen molar-refractivity contribution in [3.05, 3.63) is 64.7 Å². The summed E-state index contributed by atoms with van der Waals surface area (Å²) >= 11 is 0. The summed E-state index contributed by atoms with van der Waals surface area (Å²) < 4.78 is 10.7. The number of benzene rings is 2. The molecule has 27 heavy (non-hydrogen) atoms. The van der Waals surface area contributed by atoms with E-state index in [1.165, 1.54) is 6.08 Å². The van der Waals surface area contributed by atoms with E-state index in [2.05, 4.69) is 6.07 Å². The first-order valence-corrected chi connectivity index (χ1v) is 8.66. The van der Waals surface area contributed by atoms with Crippen molar-refractivity contribution in [3.8, 4) is 11.8 Å². The maximum atomic E-state index is 12.1. The van der Waals surface area contributed by atoms with Crippen molar-refractivity contribution in [2.75, 3.05) is 32.2 Å². The van der Waals surface area contributed by atoms with Crippen molar-refractivity contribution < 1.29 is 14.3 Å². The molecule has 0 aliphatic rings. The number of hydrogen-bond donors (Lipinski definition) is 0. The standard InChI is InChI=1S/C22H24N2O3/c1-16-11-17(2)13-21(12-16)26-9-10-27-22(25)19(15-23)14-18-5-7-20(8-6-18)24(3)4/h5-8,11-14H,9-10H2,1-4H3/b19-14+. The van der Waals surface area contributed by atoms with Gasteiger partial charge in [0.05, 0.1) is 0 Å². The smallest absolute Gasteiger partial charge is 0.349 e. The second-order valence-corrected chi connectivity index (χ2v) is 6.46. The predicted octanol–water partition coefficient (Wildman–Crippen LogP) is 3.90. The average molecular weight is 364 g/mol. The summed E-state index contributed by atoms with van der Waals surface area (Å²) in [4.78, 5) is 14.1. The maximum Gasteiger partial charge on any atom is 0.349 e. The van der Waals surface area contributed by atoms with Crippen LogP contribution in [-0.2, 0) is 9.53 Å². The molecular formula is C22H24N2O3. The van der Waals surface area contributed by atoms with Crippen molar-refractivity contribution in [3.63, 3.8) is 0 Å². The monoisotopic (exact) mass is 364 g/mol. The van der Waals surface area contributed by atoms with Crippen molar-refractivity contribution in [2.24, 2.45) is 0 Å². The third kappa shape index (κ3) is 6.19. The molecular weight excluding hydrogens is 340 g/mol. The molecule has 0 aromatic heterocycles. The van der Waals surface area contributed by atoms with E-state index >= 15 is 0 Å². The number of anilines is 1. The zero-order valence-corrected chi connectivity index (χ0v) is 16.2. The number of nitriles is 1. The third-order valence-electron chi connectivity index (χ3n) is 3.84. The second-order valence-electron chi connectivity index (χ2n) is 6.46. The molecule has 140 valence electrons. The van der Waals surface area contributed by atoms with Gasteiger partial charge >= 0.3 is 5.97 Å². The first kappa shape index (κ1) is 20.1. The van der Waals surface area contributed by atoms with Crippen LogP contribution in [0, 0.1) is 25.2 Å². The van der Waals surface area contributed by atoms with Gasteiger partial charge in [0, 0.05) is 19.8 Å². The molecule has 0 N–H and O–H groups in total. The summed E-state index contributed by atoms with van der Waals surface area (Å²) in [5.74, 6) is 0.0822. The Balaban J connectivity index is 1.90. The number of hydrogen-bond acceptors (Lipinski definition) is 5. The molecule has 0 unspecified atom stereocenters. The Morgan fingerprint density at radius 1 is 1.07 bits per heavy atom. The van der Waals surface area contributed by atoms with Crippen molar-refractivity contribution in [1.82, 2.24) is 0 Å². The van der Waals surface area contributed by atoms with Crippen molar-refractivity contribution in [2.45, 2.75) is 13.8 Å². The Labute approximate surface area is 160 Å². The Bertz CT molecular complexity index is 842. The van der Waals surface area contributed by atoms with Gasteiger partial charge in [-0.05, 0) is 60.9 Å². The Morgan fingerprint density at radius 3 is 2.26 bits per heavy atom. The largest absolute Gasteiger partial charge is 0.490 e. The summed E-state index contributed by atoms with van der Waals surface area (Å²) in [5, 5.41) is 9.24. The Morgan fingerprint density at radius 2 is 1.70 bits per heavy atom. The molecule has 0 fully saturated rings. The molecule has 0 aliphatic heterocycles. The fourth-order valence-corrected chi connectivity index (χ4v) is 2.56. The van der Waals surface area contributed by atoms with Crippen LogP contribution in [0.4, 0.5) is 5.69 Å². The molecule has 0 spiro atoms. The van der Waals surface area contributed by atoms with Crippen LogP contribution in [-0.4, -0.2) is 33.3 Å². The lowest BCUT2D eigenvalue weighted by Gasteiger charge is -2.12. The van der Waals surface area contributed by atoms with Gasteiger partial charge in [-0.15, -0.1) is 0 Å². The molecule has 0 saturated carbocycles. The topological polar surface area (TPSA) is 62.6 Å². The van der Waals surface area contributed by atoms with Crippen LogP contribution in [0.25, 0.3) is 6.08 Å². The van der Waals surface area contributed by atoms with Gasteiger partial charge < -0.3 is 14.4 Å². The van der Waals surface area contributed by atoms with E-state index in [0.717, 1.165) is 28.1 Å². The van der Waals surface area contributed by atoms with E-state index in [4.69, 9.17) is 9.47 Å². The molecule has 0 bridgehead atoms. The van der Waals surface area contributed by atoms with Gasteiger partial charge in [0.1, 0.15) is 30.6 Å². The highest BCUT2D eigenvalue weighted by Crippen LogP contribution is 2.17. The minimum absolute atomic E-state index is 0.0426. The molecule has 2 aromatic rings. The highest BCUT2D eigenvalue weighted by molar-refractivity contribution is 5.97. The first-order valence-electron chi connectivity index (χ1n) is 8.66. The van der Waals surface area contributed by atoms with E-state index in [-0.39, 0.29) is 18.8 Å². The van der Waals surface area contributed by atoms with Crippen LogP contribution >= 0.6 is 0 Å². The summed E-state index contributed by atoms with van der Waals surface area (Å²) in [5.41, 5.74) is 3.98. The molecule has 0 amide bonds. The molecule has 5 heteroatoms. The normalized spacial score (nSPS) is 10.9. The molecule has 0 atom stereocenters. The Hall–Kier alpha value is -3.26. The lowest BCUT2D eigenvalue weighted by Crippen LogP contribution is -2.13. The number of carbonyl (C=O) groups excluding carboxylic acids is 1. The predicted molar refractivity (Wildman–Crippen MR) is 107 cm³/mol. The fraction of sp³-hybridized carbons (Fsp3) is 0.273. The SMILES string of the molecule is Cc1cc(C)cc(OCCOC(=O)/C(C#N)=C/c2ccc(N(C)C)cc2)c1. The summed E-state index contributed by atoms with van der Waals surface area (Å²) in [6, 6.07) is 15.3. The maximum absolute atomic E-state index is 12.1. The first-order chi connectivity index (χ1) is 12.9. The highest BCUT2D eigenvalue weighted by Gasteiger charge is 2.11. The number of aryl methyl sites for hydroxylation is 2. The summed E-state index contributed by atoms with van der Waals surface area (Å²) in [6.07, 6.45) is 1.52. The zero-order chi connectivity index (χ0) is 19.8. The van der Waals surface area contributed by atoms with E-state index in [1.807, 2.05) is 75.3 Å². The van der Waals surface area contributed by atoms with Gasteiger partial charge in [-0.1, -0.05) is 18.2 Å². The Kier molecular flexibility index (Phi) is 7.01. The number of carbonyl (C=O) groups is 1. The average Bonchev–Trinajstić information content (AvgIpc) is 2.62. The molecule has 5 nitrogen and oxygen atoms in total. The van der Waals surface area contributed by atoms with Gasteiger partial charge in [-0.2, -0.15) is 5.26 Å². The molecule has 2 aromatic carbocycles. The minimum Gasteiger partial charge on any atom is -0.490 e. The van der Waals surface area contributed by atoms with Gasteiger partial charge in [0.15, 0.2) is 0 Å². The lowest BCUT2D eigenvalue weighted by molar-refractivity contribution is -0.139. The number of nitrogens with zero attached hydrogens (tertiary/aromatic N) is 2.